The third-order valence-corrected chi connectivity index (χ3v) is 10.5. The van der Waals surface area contributed by atoms with Crippen molar-refractivity contribution in [3.63, 3.8) is 0 Å². The smallest absolute Gasteiger partial charge is 0.306 e. The first kappa shape index (κ1) is 59.2. The molecule has 0 fully saturated rings. The molecule has 0 aliphatic heterocycles. The SMILES string of the molecule is CC/C=C/C/C=C/C/C=C/C/C=C/C/C=C/CCCCCCC(=O)OC(COCCC(C(=O)[O-])[N+](C)(C)C)COC(=O)CCCCCCCCCCC/C=C/C/C=C/C/C=C/CC. The zero-order valence-electron chi connectivity index (χ0n) is 40.7. The number of unbranched alkanes of at least 4 members (excludes halogenated alkanes) is 13. The summed E-state index contributed by atoms with van der Waals surface area (Å²) < 4.78 is 17.2. The van der Waals surface area contributed by atoms with Crippen LogP contribution in [0.3, 0.4) is 0 Å². The van der Waals surface area contributed by atoms with Gasteiger partial charge in [0.25, 0.3) is 0 Å². The van der Waals surface area contributed by atoms with E-state index >= 15 is 0 Å². The van der Waals surface area contributed by atoms with E-state index in [4.69, 9.17) is 14.2 Å². The van der Waals surface area contributed by atoms with E-state index in [1.165, 1.54) is 38.5 Å². The van der Waals surface area contributed by atoms with E-state index in [2.05, 4.69) is 111 Å². The second kappa shape index (κ2) is 44.8. The van der Waals surface area contributed by atoms with E-state index in [1.54, 1.807) is 21.1 Å². The largest absolute Gasteiger partial charge is 0.544 e. The lowest BCUT2D eigenvalue weighted by Crippen LogP contribution is -2.55. The van der Waals surface area contributed by atoms with E-state index < -0.39 is 18.1 Å². The number of quaternary nitrogens is 1. The molecule has 0 bridgehead atoms. The van der Waals surface area contributed by atoms with Crippen LogP contribution in [0.25, 0.3) is 0 Å². The van der Waals surface area contributed by atoms with E-state index in [0.29, 0.717) is 6.42 Å². The number of hydrogen-bond donors (Lipinski definition) is 0. The molecule has 2 atom stereocenters. The summed E-state index contributed by atoms with van der Waals surface area (Å²) in [5.74, 6) is -1.78. The maximum absolute atomic E-state index is 12.8. The van der Waals surface area contributed by atoms with Crippen molar-refractivity contribution in [2.24, 2.45) is 0 Å². The van der Waals surface area contributed by atoms with E-state index in [-0.39, 0.29) is 49.1 Å². The number of carbonyl (C=O) groups excluding carboxylic acids is 3. The van der Waals surface area contributed by atoms with Crippen LogP contribution in [0, 0.1) is 0 Å². The predicted molar refractivity (Wildman–Crippen MR) is 263 cm³/mol. The third-order valence-electron chi connectivity index (χ3n) is 10.5. The Morgan fingerprint density at radius 2 is 0.841 bits per heavy atom. The van der Waals surface area contributed by atoms with Crippen molar-refractivity contribution in [2.45, 2.75) is 193 Å². The van der Waals surface area contributed by atoms with Gasteiger partial charge in [0.2, 0.25) is 0 Å². The van der Waals surface area contributed by atoms with Crippen molar-refractivity contribution < 1.29 is 38.2 Å². The molecule has 0 aromatic carbocycles. The summed E-state index contributed by atoms with van der Waals surface area (Å²) in [5.41, 5.74) is 0. The predicted octanol–water partition coefficient (Wildman–Crippen LogP) is 12.9. The highest BCUT2D eigenvalue weighted by molar-refractivity contribution is 5.70. The molecule has 0 saturated carbocycles. The molecular weight excluding hydrogens is 787 g/mol. The average molecular weight is 878 g/mol. The summed E-state index contributed by atoms with van der Waals surface area (Å²) >= 11 is 0. The summed E-state index contributed by atoms with van der Waals surface area (Å²) in [4.78, 5) is 37.0. The van der Waals surface area contributed by atoms with Crippen LogP contribution in [0.4, 0.5) is 0 Å². The normalized spacial score (nSPS) is 13.7. The summed E-state index contributed by atoms with van der Waals surface area (Å²) in [6.07, 6.45) is 60.0. The molecule has 0 aromatic heterocycles. The van der Waals surface area contributed by atoms with Gasteiger partial charge in [0.05, 0.1) is 40.3 Å². The molecule has 0 amide bonds. The van der Waals surface area contributed by atoms with E-state index in [0.717, 1.165) is 109 Å². The zero-order valence-corrected chi connectivity index (χ0v) is 40.7. The molecule has 0 N–H and O–H groups in total. The fraction of sp³-hybridized carbons (Fsp3) is 0.655. The second-order valence-electron chi connectivity index (χ2n) is 17.3. The molecule has 0 spiro atoms. The Hall–Kier alpha value is -3.75. The van der Waals surface area contributed by atoms with Crippen LogP contribution in [-0.2, 0) is 28.6 Å². The first-order valence-corrected chi connectivity index (χ1v) is 24.8. The molecule has 0 saturated heterocycles. The van der Waals surface area contributed by atoms with Crippen LogP contribution in [0.5, 0.6) is 0 Å². The number of carboxylic acid groups (broad SMARTS) is 1. The van der Waals surface area contributed by atoms with E-state index in [9.17, 15) is 19.5 Å². The highest BCUT2D eigenvalue weighted by atomic mass is 16.6. The molecule has 0 rings (SSSR count). The van der Waals surface area contributed by atoms with Crippen LogP contribution < -0.4 is 5.11 Å². The highest BCUT2D eigenvalue weighted by Crippen LogP contribution is 2.14. The summed E-state index contributed by atoms with van der Waals surface area (Å²) in [7, 11) is 5.39. The Morgan fingerprint density at radius 3 is 1.24 bits per heavy atom. The number of aliphatic carboxylic acids is 1. The van der Waals surface area contributed by atoms with Crippen LogP contribution in [-0.4, -0.2) is 75.5 Å². The number of allylic oxidation sites excluding steroid dienone is 16. The Bertz CT molecular complexity index is 1350. The first-order valence-electron chi connectivity index (χ1n) is 24.8. The lowest BCUT2D eigenvalue weighted by atomic mass is 10.1. The number of ether oxygens (including phenoxy) is 3. The molecule has 63 heavy (non-hydrogen) atoms. The van der Waals surface area contributed by atoms with Crippen molar-refractivity contribution >= 4 is 17.9 Å². The number of hydrogen-bond acceptors (Lipinski definition) is 7. The highest BCUT2D eigenvalue weighted by Gasteiger charge is 2.25. The minimum atomic E-state index is -1.13. The maximum atomic E-state index is 12.8. The molecule has 8 heteroatoms. The molecule has 0 radical (unpaired) electrons. The monoisotopic (exact) mass is 878 g/mol. The van der Waals surface area contributed by atoms with Crippen LogP contribution in [0.1, 0.15) is 181 Å². The minimum absolute atomic E-state index is 0.0227. The van der Waals surface area contributed by atoms with Gasteiger partial charge in [-0.1, -0.05) is 169 Å². The number of carboxylic acids is 1. The quantitative estimate of drug-likeness (QED) is 0.0260. The molecule has 8 nitrogen and oxygen atoms in total. The van der Waals surface area contributed by atoms with Crippen molar-refractivity contribution in [3.05, 3.63) is 97.2 Å². The zero-order chi connectivity index (χ0) is 46.3. The number of esters is 2. The molecule has 0 aliphatic carbocycles. The lowest BCUT2D eigenvalue weighted by molar-refractivity contribution is -0.889. The Labute approximate surface area is 386 Å². The molecule has 0 heterocycles. The fourth-order valence-electron chi connectivity index (χ4n) is 6.70. The van der Waals surface area contributed by atoms with Gasteiger partial charge >= 0.3 is 11.9 Å². The van der Waals surface area contributed by atoms with Crippen LogP contribution in [0.15, 0.2) is 97.2 Å². The van der Waals surface area contributed by atoms with Crippen molar-refractivity contribution in [2.75, 3.05) is 41.0 Å². The Morgan fingerprint density at radius 1 is 0.476 bits per heavy atom. The number of carbonyl (C=O) groups is 3. The summed E-state index contributed by atoms with van der Waals surface area (Å²) in [6.45, 7) is 4.40. The lowest BCUT2D eigenvalue weighted by Gasteiger charge is -2.34. The van der Waals surface area contributed by atoms with Gasteiger partial charge in [0, 0.05) is 19.3 Å². The summed E-state index contributed by atoms with van der Waals surface area (Å²) in [5, 5.41) is 11.7. The number of likely N-dealkylation sites (N-methyl/N-ethyl adjacent to an activating group) is 1. The number of rotatable bonds is 43. The van der Waals surface area contributed by atoms with Gasteiger partial charge < -0.3 is 28.6 Å². The maximum Gasteiger partial charge on any atom is 0.306 e. The third kappa shape index (κ3) is 43.3. The average Bonchev–Trinajstić information content (AvgIpc) is 3.24. The van der Waals surface area contributed by atoms with E-state index in [1.807, 2.05) is 0 Å². The van der Waals surface area contributed by atoms with Gasteiger partial charge in [0.1, 0.15) is 12.6 Å². The fourth-order valence-corrected chi connectivity index (χ4v) is 6.70. The van der Waals surface area contributed by atoms with Crippen molar-refractivity contribution in [3.8, 4) is 0 Å². The minimum Gasteiger partial charge on any atom is -0.544 e. The van der Waals surface area contributed by atoms with Gasteiger partial charge in [-0.15, -0.1) is 0 Å². The molecule has 358 valence electrons. The van der Waals surface area contributed by atoms with Gasteiger partial charge in [-0.05, 0) is 89.9 Å². The van der Waals surface area contributed by atoms with Crippen LogP contribution >= 0.6 is 0 Å². The molecule has 0 aromatic rings. The van der Waals surface area contributed by atoms with Crippen LogP contribution in [0.2, 0.25) is 0 Å². The molecule has 0 aliphatic rings. The van der Waals surface area contributed by atoms with Gasteiger partial charge in [-0.25, -0.2) is 0 Å². The number of nitrogens with zero attached hydrogens (tertiary/aromatic N) is 1. The van der Waals surface area contributed by atoms with Gasteiger partial charge in [0.15, 0.2) is 6.10 Å². The second-order valence-corrected chi connectivity index (χ2v) is 17.3. The summed E-state index contributed by atoms with van der Waals surface area (Å²) in [6, 6.07) is -0.738. The van der Waals surface area contributed by atoms with Crippen molar-refractivity contribution in [1.82, 2.24) is 0 Å². The molecule has 2 unspecified atom stereocenters. The topological polar surface area (TPSA) is 102 Å². The first-order chi connectivity index (χ1) is 30.6. The standard InChI is InChI=1S/C55H91NO7/c1-6-8-10-12-14-16-18-20-22-24-26-28-30-32-34-36-38-40-42-44-46-54(58)63-51(49-61-48-47-52(55(59)60)56(3,4)5)50-62-53(57)45-43-41-39-37-35-33-31-29-27-25-23-21-19-17-15-13-11-9-7-2/h8-11,14-17,20-23,26,28,32,34,51-52H,6-7,12-13,18-19,24-25,27,29-31,33,35-50H2,1-5H3/b10-8+,11-9+,16-14+,17-15+,22-20+,23-21+,28-26+,34-32+. The van der Waals surface area contributed by atoms with Gasteiger partial charge in [-0.2, -0.15) is 0 Å². The molecular formula is C55H91NO7. The van der Waals surface area contributed by atoms with Crippen molar-refractivity contribution in [1.29, 1.82) is 0 Å². The Balaban J connectivity index is 4.35. The van der Waals surface area contributed by atoms with Gasteiger partial charge in [-0.3, -0.25) is 9.59 Å². The Kier molecular flexibility index (Phi) is 42.2.